The Labute approximate surface area is 116 Å². The van der Waals surface area contributed by atoms with Gasteiger partial charge in [-0.2, -0.15) is 0 Å². The van der Waals surface area contributed by atoms with Crippen molar-refractivity contribution in [3.8, 4) is 5.75 Å². The molecule has 104 valence electrons. The van der Waals surface area contributed by atoms with Crippen molar-refractivity contribution in [1.29, 1.82) is 0 Å². The molecule has 2 rings (SSSR count). The average Bonchev–Trinajstić information content (AvgIpc) is 2.46. The highest BCUT2D eigenvalue weighted by molar-refractivity contribution is 5.76. The van der Waals surface area contributed by atoms with Gasteiger partial charge in [0.2, 0.25) is 0 Å². The van der Waals surface area contributed by atoms with Gasteiger partial charge in [-0.05, 0) is 41.8 Å². The lowest BCUT2D eigenvalue weighted by molar-refractivity contribution is -0.138. The molecule has 1 atom stereocenters. The van der Waals surface area contributed by atoms with E-state index in [1.165, 1.54) is 24.3 Å². The van der Waals surface area contributed by atoms with Crippen LogP contribution in [0.15, 0.2) is 48.5 Å². The number of hydrogen-bond acceptors (Lipinski definition) is 2. The summed E-state index contributed by atoms with van der Waals surface area (Å²) in [4.78, 5) is 11.4. The summed E-state index contributed by atoms with van der Waals surface area (Å²) in [5, 5.41) is 9.36. The third-order valence-electron chi connectivity index (χ3n) is 3.14. The molecule has 20 heavy (non-hydrogen) atoms. The molecule has 0 amide bonds. The highest BCUT2D eigenvalue weighted by Gasteiger charge is 2.20. The first-order valence-corrected chi connectivity index (χ1v) is 6.21. The summed E-state index contributed by atoms with van der Waals surface area (Å²) in [7, 11) is 1.56. The van der Waals surface area contributed by atoms with Crippen molar-refractivity contribution in [2.24, 2.45) is 0 Å². The number of halogens is 1. The topological polar surface area (TPSA) is 46.5 Å². The zero-order valence-electron chi connectivity index (χ0n) is 11.0. The molecule has 4 heteroatoms. The minimum Gasteiger partial charge on any atom is -0.497 e. The highest BCUT2D eigenvalue weighted by atomic mass is 19.1. The largest absolute Gasteiger partial charge is 0.497 e. The number of carboxylic acids is 1. The van der Waals surface area contributed by atoms with Gasteiger partial charge < -0.3 is 9.84 Å². The van der Waals surface area contributed by atoms with Crippen LogP contribution in [0.25, 0.3) is 0 Å². The number of carboxylic acid groups (broad SMARTS) is 1. The molecule has 1 N–H and O–H groups in total. The van der Waals surface area contributed by atoms with E-state index in [1.54, 1.807) is 19.2 Å². The molecule has 0 fully saturated rings. The Bertz CT molecular complexity index is 593. The van der Waals surface area contributed by atoms with Crippen molar-refractivity contribution in [1.82, 2.24) is 0 Å². The third kappa shape index (κ3) is 3.35. The van der Waals surface area contributed by atoms with Crippen LogP contribution in [-0.4, -0.2) is 18.2 Å². The molecular formula is C16H15FO3. The van der Waals surface area contributed by atoms with Crippen LogP contribution in [0.5, 0.6) is 5.75 Å². The molecule has 0 aliphatic rings. The number of carbonyl (C=O) groups is 1. The van der Waals surface area contributed by atoms with E-state index < -0.39 is 11.9 Å². The van der Waals surface area contributed by atoms with E-state index >= 15 is 0 Å². The Morgan fingerprint density at radius 1 is 1.25 bits per heavy atom. The van der Waals surface area contributed by atoms with Gasteiger partial charge in [0.1, 0.15) is 11.6 Å². The van der Waals surface area contributed by atoms with Gasteiger partial charge in [0.05, 0.1) is 13.0 Å². The van der Waals surface area contributed by atoms with Crippen LogP contribution >= 0.6 is 0 Å². The summed E-state index contributed by atoms with van der Waals surface area (Å²) >= 11 is 0. The lowest BCUT2D eigenvalue weighted by Crippen LogP contribution is -2.14. The fraction of sp³-hybridized carbons (Fsp3) is 0.188. The van der Waals surface area contributed by atoms with Crippen molar-refractivity contribution in [2.75, 3.05) is 7.11 Å². The van der Waals surface area contributed by atoms with Crippen LogP contribution in [0, 0.1) is 5.82 Å². The number of hydrogen-bond donors (Lipinski definition) is 1. The van der Waals surface area contributed by atoms with E-state index in [2.05, 4.69) is 0 Å². The van der Waals surface area contributed by atoms with Gasteiger partial charge in [-0.1, -0.05) is 24.3 Å². The van der Waals surface area contributed by atoms with E-state index in [1.807, 2.05) is 12.1 Å². The van der Waals surface area contributed by atoms with Crippen LogP contribution in [0.3, 0.4) is 0 Å². The van der Waals surface area contributed by atoms with Crippen LogP contribution in [-0.2, 0) is 11.2 Å². The molecule has 0 aliphatic heterocycles. The number of aliphatic carboxylic acids is 1. The fourth-order valence-electron chi connectivity index (χ4n) is 2.08. The lowest BCUT2D eigenvalue weighted by Gasteiger charge is -2.13. The Morgan fingerprint density at radius 2 is 1.95 bits per heavy atom. The maximum atomic E-state index is 12.9. The van der Waals surface area contributed by atoms with Crippen molar-refractivity contribution in [3.63, 3.8) is 0 Å². The van der Waals surface area contributed by atoms with E-state index in [0.29, 0.717) is 17.7 Å². The SMILES string of the molecule is COc1cccc(CC(C(=O)O)c2ccc(F)cc2)c1. The summed E-state index contributed by atoms with van der Waals surface area (Å²) < 4.78 is 18.0. The van der Waals surface area contributed by atoms with E-state index in [4.69, 9.17) is 4.74 Å². The van der Waals surface area contributed by atoms with Gasteiger partial charge in [0.15, 0.2) is 0 Å². The first kappa shape index (κ1) is 14.1. The maximum Gasteiger partial charge on any atom is 0.311 e. The zero-order chi connectivity index (χ0) is 14.5. The molecule has 0 saturated heterocycles. The van der Waals surface area contributed by atoms with Gasteiger partial charge >= 0.3 is 5.97 Å². The lowest BCUT2D eigenvalue weighted by atomic mass is 9.92. The number of methoxy groups -OCH3 is 1. The molecule has 3 nitrogen and oxygen atoms in total. The monoisotopic (exact) mass is 274 g/mol. The Hall–Kier alpha value is -2.36. The second kappa shape index (κ2) is 6.19. The smallest absolute Gasteiger partial charge is 0.311 e. The van der Waals surface area contributed by atoms with E-state index in [9.17, 15) is 14.3 Å². The summed E-state index contributed by atoms with van der Waals surface area (Å²) in [6, 6.07) is 12.8. The normalized spacial score (nSPS) is 11.9. The van der Waals surface area contributed by atoms with Gasteiger partial charge in [0.25, 0.3) is 0 Å². The quantitative estimate of drug-likeness (QED) is 0.910. The predicted molar refractivity (Wildman–Crippen MR) is 73.5 cm³/mol. The van der Waals surface area contributed by atoms with Crippen LogP contribution in [0.1, 0.15) is 17.0 Å². The zero-order valence-corrected chi connectivity index (χ0v) is 11.0. The van der Waals surface area contributed by atoms with Crippen molar-refractivity contribution in [2.45, 2.75) is 12.3 Å². The summed E-state index contributed by atoms with van der Waals surface area (Å²) in [6.07, 6.45) is 0.332. The first-order valence-electron chi connectivity index (χ1n) is 6.21. The number of rotatable bonds is 5. The minimum atomic E-state index is -0.931. The molecule has 0 saturated carbocycles. The molecule has 0 radical (unpaired) electrons. The molecule has 2 aromatic rings. The Kier molecular flexibility index (Phi) is 4.35. The first-order chi connectivity index (χ1) is 9.60. The van der Waals surface area contributed by atoms with Crippen LogP contribution in [0.4, 0.5) is 4.39 Å². The predicted octanol–water partition coefficient (Wildman–Crippen LogP) is 3.25. The molecule has 0 bridgehead atoms. The van der Waals surface area contributed by atoms with Crippen molar-refractivity contribution >= 4 is 5.97 Å². The molecular weight excluding hydrogens is 259 g/mol. The van der Waals surface area contributed by atoms with E-state index in [-0.39, 0.29) is 5.82 Å². The molecule has 0 aromatic heterocycles. The summed E-state index contributed by atoms with van der Waals surface area (Å²) in [5.74, 6) is -1.33. The summed E-state index contributed by atoms with van der Waals surface area (Å²) in [6.45, 7) is 0. The fourth-order valence-corrected chi connectivity index (χ4v) is 2.08. The van der Waals surface area contributed by atoms with Gasteiger partial charge in [0, 0.05) is 0 Å². The van der Waals surface area contributed by atoms with E-state index in [0.717, 1.165) is 5.56 Å². The van der Waals surface area contributed by atoms with Gasteiger partial charge in [-0.3, -0.25) is 4.79 Å². The Morgan fingerprint density at radius 3 is 2.55 bits per heavy atom. The Balaban J connectivity index is 2.25. The second-order valence-corrected chi connectivity index (χ2v) is 4.50. The highest BCUT2D eigenvalue weighted by Crippen LogP contribution is 2.23. The van der Waals surface area contributed by atoms with Crippen molar-refractivity contribution in [3.05, 3.63) is 65.5 Å². The van der Waals surface area contributed by atoms with Crippen LogP contribution in [0.2, 0.25) is 0 Å². The molecule has 0 aliphatic carbocycles. The van der Waals surface area contributed by atoms with Crippen molar-refractivity contribution < 1.29 is 19.0 Å². The summed E-state index contributed by atoms with van der Waals surface area (Å²) in [5.41, 5.74) is 1.45. The van der Waals surface area contributed by atoms with Crippen LogP contribution < -0.4 is 4.74 Å². The number of benzene rings is 2. The average molecular weight is 274 g/mol. The standard InChI is InChI=1S/C16H15FO3/c1-20-14-4-2-3-11(9-14)10-15(16(18)19)12-5-7-13(17)8-6-12/h2-9,15H,10H2,1H3,(H,18,19). The van der Waals surface area contributed by atoms with Gasteiger partial charge in [-0.25, -0.2) is 4.39 Å². The van der Waals surface area contributed by atoms with Gasteiger partial charge in [-0.15, -0.1) is 0 Å². The molecule has 1 unspecified atom stereocenters. The molecule has 0 spiro atoms. The third-order valence-corrected chi connectivity index (χ3v) is 3.14. The number of ether oxygens (including phenoxy) is 1. The maximum absolute atomic E-state index is 12.9. The second-order valence-electron chi connectivity index (χ2n) is 4.50. The molecule has 2 aromatic carbocycles. The molecule has 0 heterocycles. The minimum absolute atomic E-state index is 0.332.